The van der Waals surface area contributed by atoms with E-state index in [0.29, 0.717) is 6.42 Å². The minimum Gasteiger partial charge on any atom is -0.456 e. The fourth-order valence-corrected chi connectivity index (χ4v) is 1.35. The van der Waals surface area contributed by atoms with Gasteiger partial charge in [0.1, 0.15) is 10.6 Å². The second kappa shape index (κ2) is 5.35. The average molecular weight is 272 g/mol. The Morgan fingerprint density at radius 1 is 1.50 bits per heavy atom. The van der Waals surface area contributed by atoms with Crippen LogP contribution in [0.4, 0.5) is 5.69 Å². The summed E-state index contributed by atoms with van der Waals surface area (Å²) in [6, 6.07) is 3.84. The molecular formula is C12H14ClNO4. The first-order valence-electron chi connectivity index (χ1n) is 5.44. The third-order valence-electron chi connectivity index (χ3n) is 2.60. The summed E-state index contributed by atoms with van der Waals surface area (Å²) in [6.07, 6.45) is 0.647. The Hall–Kier alpha value is -1.62. The van der Waals surface area contributed by atoms with E-state index in [4.69, 9.17) is 16.3 Å². The van der Waals surface area contributed by atoms with E-state index in [1.807, 2.05) is 6.92 Å². The highest BCUT2D eigenvalue weighted by Crippen LogP contribution is 2.26. The van der Waals surface area contributed by atoms with Gasteiger partial charge in [-0.3, -0.25) is 10.1 Å². The number of nitrogens with zero attached hydrogens (tertiary/aromatic N) is 1. The van der Waals surface area contributed by atoms with Crippen LogP contribution in [0, 0.1) is 10.1 Å². The fraction of sp³-hybridized carbons (Fsp3) is 0.417. The molecule has 6 heteroatoms. The molecular weight excluding hydrogens is 258 g/mol. The predicted octanol–water partition coefficient (Wildman–Crippen LogP) is 3.59. The van der Waals surface area contributed by atoms with Gasteiger partial charge in [-0.15, -0.1) is 0 Å². The lowest BCUT2D eigenvalue weighted by molar-refractivity contribution is -0.384. The van der Waals surface area contributed by atoms with E-state index in [1.54, 1.807) is 13.8 Å². The Balaban J connectivity index is 3.01. The highest BCUT2D eigenvalue weighted by Gasteiger charge is 2.23. The van der Waals surface area contributed by atoms with Gasteiger partial charge in [0.05, 0.1) is 10.5 Å². The molecule has 98 valence electrons. The van der Waals surface area contributed by atoms with Crippen molar-refractivity contribution >= 4 is 23.3 Å². The van der Waals surface area contributed by atoms with Gasteiger partial charge in [0.15, 0.2) is 0 Å². The van der Waals surface area contributed by atoms with Crippen LogP contribution >= 0.6 is 11.6 Å². The molecule has 0 aliphatic heterocycles. The zero-order valence-electron chi connectivity index (χ0n) is 10.4. The normalized spacial score (nSPS) is 11.1. The summed E-state index contributed by atoms with van der Waals surface area (Å²) in [7, 11) is 0. The van der Waals surface area contributed by atoms with Crippen molar-refractivity contribution in [3.63, 3.8) is 0 Å². The van der Waals surface area contributed by atoms with Gasteiger partial charge in [-0.05, 0) is 32.4 Å². The van der Waals surface area contributed by atoms with E-state index in [-0.39, 0.29) is 16.3 Å². The van der Waals surface area contributed by atoms with Crippen LogP contribution in [0.25, 0.3) is 0 Å². The summed E-state index contributed by atoms with van der Waals surface area (Å²) < 4.78 is 5.24. The van der Waals surface area contributed by atoms with Crippen molar-refractivity contribution in [3.8, 4) is 0 Å². The van der Waals surface area contributed by atoms with Gasteiger partial charge in [-0.2, -0.15) is 0 Å². The molecule has 0 bridgehead atoms. The molecule has 1 aromatic rings. The minimum absolute atomic E-state index is 0.00805. The van der Waals surface area contributed by atoms with Crippen LogP contribution in [0.1, 0.15) is 37.6 Å². The molecule has 0 radical (unpaired) electrons. The van der Waals surface area contributed by atoms with E-state index in [1.165, 1.54) is 12.1 Å². The highest BCUT2D eigenvalue weighted by molar-refractivity contribution is 6.32. The number of hydrogen-bond donors (Lipinski definition) is 0. The fourth-order valence-electron chi connectivity index (χ4n) is 1.16. The first kappa shape index (κ1) is 14.4. The Kier molecular flexibility index (Phi) is 4.29. The van der Waals surface area contributed by atoms with E-state index in [0.717, 1.165) is 6.07 Å². The molecule has 5 nitrogen and oxygen atoms in total. The molecule has 0 N–H and O–H groups in total. The number of halogens is 1. The summed E-state index contributed by atoms with van der Waals surface area (Å²) in [5.41, 5.74) is -0.793. The van der Waals surface area contributed by atoms with E-state index in [9.17, 15) is 14.9 Å². The van der Waals surface area contributed by atoms with Crippen LogP contribution in [0.5, 0.6) is 0 Å². The maximum atomic E-state index is 11.8. The van der Waals surface area contributed by atoms with E-state index >= 15 is 0 Å². The van der Waals surface area contributed by atoms with Gasteiger partial charge < -0.3 is 4.74 Å². The molecule has 1 rings (SSSR count). The van der Waals surface area contributed by atoms with Crippen molar-refractivity contribution < 1.29 is 14.5 Å². The molecule has 0 amide bonds. The number of nitro groups is 1. The summed E-state index contributed by atoms with van der Waals surface area (Å²) in [6.45, 7) is 5.43. The van der Waals surface area contributed by atoms with Gasteiger partial charge in [-0.25, -0.2) is 4.79 Å². The monoisotopic (exact) mass is 271 g/mol. The van der Waals surface area contributed by atoms with Crippen LogP contribution in [0.15, 0.2) is 18.2 Å². The molecule has 0 spiro atoms. The molecule has 0 aromatic heterocycles. The van der Waals surface area contributed by atoms with Crippen molar-refractivity contribution in [3.05, 3.63) is 38.9 Å². The molecule has 18 heavy (non-hydrogen) atoms. The first-order valence-corrected chi connectivity index (χ1v) is 5.82. The number of esters is 1. The van der Waals surface area contributed by atoms with E-state index < -0.39 is 16.5 Å². The van der Waals surface area contributed by atoms with Gasteiger partial charge in [0, 0.05) is 6.07 Å². The number of hydrogen-bond acceptors (Lipinski definition) is 4. The zero-order valence-corrected chi connectivity index (χ0v) is 11.2. The molecule has 1 aromatic carbocycles. The standard InChI is InChI=1S/C12H14ClNO4/c1-4-12(2,3)18-11(15)8-5-6-9(13)10(7-8)14(16)17/h5-7H,4H2,1-3H3. The largest absolute Gasteiger partial charge is 0.456 e. The molecule has 0 saturated carbocycles. The maximum absolute atomic E-state index is 11.8. The first-order chi connectivity index (χ1) is 8.26. The highest BCUT2D eigenvalue weighted by atomic mass is 35.5. The van der Waals surface area contributed by atoms with Crippen LogP contribution in [-0.2, 0) is 4.74 Å². The van der Waals surface area contributed by atoms with Crippen LogP contribution < -0.4 is 0 Å². The van der Waals surface area contributed by atoms with Gasteiger partial charge in [-0.1, -0.05) is 18.5 Å². The Bertz CT molecular complexity index is 485. The number of nitro benzene ring substituents is 1. The predicted molar refractivity (Wildman–Crippen MR) is 67.9 cm³/mol. The maximum Gasteiger partial charge on any atom is 0.338 e. The Labute approximate surface area is 110 Å². The van der Waals surface area contributed by atoms with Crippen LogP contribution in [-0.4, -0.2) is 16.5 Å². The van der Waals surface area contributed by atoms with Crippen LogP contribution in [0.3, 0.4) is 0 Å². The van der Waals surface area contributed by atoms with Crippen molar-refractivity contribution in [1.82, 2.24) is 0 Å². The summed E-state index contributed by atoms with van der Waals surface area (Å²) in [5, 5.41) is 10.7. The molecule has 0 atom stereocenters. The second-order valence-electron chi connectivity index (χ2n) is 4.43. The number of ether oxygens (including phenoxy) is 1. The van der Waals surface area contributed by atoms with Gasteiger partial charge >= 0.3 is 5.97 Å². The van der Waals surface area contributed by atoms with Gasteiger partial charge in [0.2, 0.25) is 0 Å². The van der Waals surface area contributed by atoms with Crippen molar-refractivity contribution in [2.24, 2.45) is 0 Å². The quantitative estimate of drug-likeness (QED) is 0.477. The smallest absolute Gasteiger partial charge is 0.338 e. The summed E-state index contributed by atoms with van der Waals surface area (Å²) in [4.78, 5) is 21.9. The zero-order chi connectivity index (χ0) is 13.9. The molecule has 0 saturated heterocycles. The van der Waals surface area contributed by atoms with Crippen molar-refractivity contribution in [2.45, 2.75) is 32.8 Å². The lowest BCUT2D eigenvalue weighted by atomic mass is 10.1. The Morgan fingerprint density at radius 2 is 2.11 bits per heavy atom. The summed E-state index contributed by atoms with van der Waals surface area (Å²) >= 11 is 5.66. The lowest BCUT2D eigenvalue weighted by Gasteiger charge is -2.23. The van der Waals surface area contributed by atoms with Gasteiger partial charge in [0.25, 0.3) is 5.69 Å². The molecule has 0 fully saturated rings. The number of carbonyl (C=O) groups excluding carboxylic acids is 1. The molecule has 0 unspecified atom stereocenters. The number of benzene rings is 1. The summed E-state index contributed by atoms with van der Waals surface area (Å²) in [5.74, 6) is -0.596. The molecule has 0 aliphatic rings. The third-order valence-corrected chi connectivity index (χ3v) is 2.92. The SMILES string of the molecule is CCC(C)(C)OC(=O)c1ccc(Cl)c([N+](=O)[O-])c1. The van der Waals surface area contributed by atoms with Crippen LogP contribution in [0.2, 0.25) is 5.02 Å². The number of rotatable bonds is 4. The third kappa shape index (κ3) is 3.43. The van der Waals surface area contributed by atoms with Crippen molar-refractivity contribution in [2.75, 3.05) is 0 Å². The Morgan fingerprint density at radius 3 is 2.61 bits per heavy atom. The van der Waals surface area contributed by atoms with Crippen molar-refractivity contribution in [1.29, 1.82) is 0 Å². The lowest BCUT2D eigenvalue weighted by Crippen LogP contribution is -2.27. The molecule has 0 aliphatic carbocycles. The molecule has 0 heterocycles. The average Bonchev–Trinajstić information content (AvgIpc) is 2.28. The topological polar surface area (TPSA) is 69.4 Å². The second-order valence-corrected chi connectivity index (χ2v) is 4.83. The number of carbonyl (C=O) groups is 1. The minimum atomic E-state index is -0.635. The van der Waals surface area contributed by atoms with E-state index in [2.05, 4.69) is 0 Å².